The molecule has 1 amide bonds. The molecule has 2 heterocycles. The summed E-state index contributed by atoms with van der Waals surface area (Å²) in [4.78, 5) is 27.3. The van der Waals surface area contributed by atoms with E-state index in [2.05, 4.69) is 0 Å². The van der Waals surface area contributed by atoms with Crippen LogP contribution in [0.4, 0.5) is 5.69 Å². The number of hydrogen-bond donors (Lipinski definition) is 1. The molecule has 1 aliphatic heterocycles. The molecule has 4 rings (SSSR count). The normalized spacial score (nSPS) is 18.4. The molecule has 1 aromatic heterocycles. The van der Waals surface area contributed by atoms with Crippen LogP contribution in [0, 0.1) is 6.92 Å². The molecule has 3 aromatic rings. The van der Waals surface area contributed by atoms with Crippen molar-refractivity contribution in [1.82, 2.24) is 0 Å². The van der Waals surface area contributed by atoms with E-state index in [1.807, 2.05) is 37.3 Å². The van der Waals surface area contributed by atoms with E-state index in [0.717, 1.165) is 11.1 Å². The summed E-state index contributed by atoms with van der Waals surface area (Å²) in [5.41, 5.74) is 1.25. The number of anilines is 1. The molecule has 0 spiro atoms. The van der Waals surface area contributed by atoms with Crippen LogP contribution in [0.2, 0.25) is 0 Å². The smallest absolute Gasteiger partial charge is 0.264 e. The third-order valence-corrected chi connectivity index (χ3v) is 5.24. The first-order valence-corrected chi connectivity index (χ1v) is 9.42. The number of furan rings is 1. The largest absolute Gasteiger partial charge is 0.465 e. The molecule has 0 bridgehead atoms. The Morgan fingerprint density at radius 2 is 1.86 bits per heavy atom. The molecule has 146 valence electrons. The van der Waals surface area contributed by atoms with Crippen molar-refractivity contribution in [2.45, 2.75) is 25.5 Å². The lowest BCUT2D eigenvalue weighted by Crippen LogP contribution is -2.41. The van der Waals surface area contributed by atoms with E-state index in [1.54, 1.807) is 35.2 Å². The van der Waals surface area contributed by atoms with Crippen molar-refractivity contribution >= 4 is 23.5 Å². The Balaban J connectivity index is 1.63. The summed E-state index contributed by atoms with van der Waals surface area (Å²) in [6, 6.07) is 18.3. The lowest BCUT2D eigenvalue weighted by atomic mass is 9.90. The van der Waals surface area contributed by atoms with Crippen LogP contribution in [0.25, 0.3) is 6.08 Å². The molecule has 0 fully saturated rings. The van der Waals surface area contributed by atoms with E-state index in [1.165, 1.54) is 18.4 Å². The number of benzene rings is 2. The molecular formula is C24H21NO4. The second-order valence-corrected chi connectivity index (χ2v) is 7.19. The summed E-state index contributed by atoms with van der Waals surface area (Å²) in [6.07, 6.45) is 4.04. The summed E-state index contributed by atoms with van der Waals surface area (Å²) in [7, 11) is 0. The molecule has 0 aliphatic carbocycles. The van der Waals surface area contributed by atoms with E-state index < -0.39 is 11.5 Å². The number of aliphatic hydroxyl groups is 1. The number of nitrogens with zero attached hydrogens (tertiary/aromatic N) is 1. The molecular weight excluding hydrogens is 366 g/mol. The quantitative estimate of drug-likeness (QED) is 0.649. The molecule has 1 aliphatic rings. The molecule has 0 unspecified atom stereocenters. The van der Waals surface area contributed by atoms with Gasteiger partial charge in [-0.2, -0.15) is 0 Å². The van der Waals surface area contributed by atoms with Gasteiger partial charge in [-0.15, -0.1) is 0 Å². The van der Waals surface area contributed by atoms with E-state index in [4.69, 9.17) is 4.42 Å². The van der Waals surface area contributed by atoms with Gasteiger partial charge in [-0.25, -0.2) is 0 Å². The Morgan fingerprint density at radius 3 is 2.62 bits per heavy atom. The Hall–Kier alpha value is -3.44. The highest BCUT2D eigenvalue weighted by molar-refractivity contribution is 6.10. The first-order chi connectivity index (χ1) is 14.0. The van der Waals surface area contributed by atoms with Crippen molar-refractivity contribution in [3.63, 3.8) is 0 Å². The van der Waals surface area contributed by atoms with Gasteiger partial charge in [0.15, 0.2) is 11.4 Å². The Bertz CT molecular complexity index is 1080. The van der Waals surface area contributed by atoms with Crippen molar-refractivity contribution in [2.75, 3.05) is 4.90 Å². The van der Waals surface area contributed by atoms with Crippen molar-refractivity contribution in [3.8, 4) is 0 Å². The molecule has 1 atom stereocenters. The maximum Gasteiger partial charge on any atom is 0.264 e. The van der Waals surface area contributed by atoms with Gasteiger partial charge in [-0.05, 0) is 48.4 Å². The average molecular weight is 387 g/mol. The fourth-order valence-electron chi connectivity index (χ4n) is 3.66. The minimum atomic E-state index is -1.89. The second kappa shape index (κ2) is 7.53. The molecule has 29 heavy (non-hydrogen) atoms. The first kappa shape index (κ1) is 18.9. The van der Waals surface area contributed by atoms with Gasteiger partial charge in [-0.3, -0.25) is 9.59 Å². The number of rotatable bonds is 6. The summed E-state index contributed by atoms with van der Waals surface area (Å²) in [5.74, 6) is -0.309. The van der Waals surface area contributed by atoms with Crippen molar-refractivity contribution < 1.29 is 19.1 Å². The van der Waals surface area contributed by atoms with Crippen LogP contribution in [0.5, 0.6) is 0 Å². The highest BCUT2D eigenvalue weighted by atomic mass is 16.3. The number of hydrogen-bond acceptors (Lipinski definition) is 4. The zero-order valence-electron chi connectivity index (χ0n) is 16.0. The van der Waals surface area contributed by atoms with Crippen LogP contribution in [-0.2, 0) is 21.7 Å². The van der Waals surface area contributed by atoms with Crippen LogP contribution >= 0.6 is 0 Å². The fraction of sp³-hybridized carbons (Fsp3) is 0.167. The third-order valence-electron chi connectivity index (χ3n) is 5.24. The van der Waals surface area contributed by atoms with Gasteiger partial charge in [-0.1, -0.05) is 42.5 Å². The topological polar surface area (TPSA) is 70.8 Å². The van der Waals surface area contributed by atoms with E-state index in [-0.39, 0.29) is 12.2 Å². The van der Waals surface area contributed by atoms with Gasteiger partial charge in [0.25, 0.3) is 5.91 Å². The van der Waals surface area contributed by atoms with Crippen LogP contribution in [0.15, 0.2) is 77.4 Å². The predicted molar refractivity (Wildman–Crippen MR) is 110 cm³/mol. The van der Waals surface area contributed by atoms with E-state index in [9.17, 15) is 14.7 Å². The summed E-state index contributed by atoms with van der Waals surface area (Å²) in [5, 5.41) is 11.3. The number of allylic oxidation sites excluding steroid dienone is 1. The van der Waals surface area contributed by atoms with Gasteiger partial charge in [0, 0.05) is 5.56 Å². The molecule has 0 saturated carbocycles. The van der Waals surface area contributed by atoms with E-state index in [0.29, 0.717) is 23.6 Å². The van der Waals surface area contributed by atoms with Gasteiger partial charge >= 0.3 is 0 Å². The first-order valence-electron chi connectivity index (χ1n) is 9.42. The SMILES string of the molecule is Cc1ccccc1CN1C(=O)[C@@](O)(CC(=O)/C=C\c2ccco2)c2ccccc21. The molecule has 2 aromatic carbocycles. The number of carbonyl (C=O) groups is 2. The number of fused-ring (bicyclic) bond motifs is 1. The number of carbonyl (C=O) groups excluding carboxylic acids is 2. The summed E-state index contributed by atoms with van der Waals surface area (Å²) in [6.45, 7) is 2.32. The lowest BCUT2D eigenvalue weighted by Gasteiger charge is -2.23. The molecule has 0 radical (unpaired) electrons. The number of para-hydroxylation sites is 1. The van der Waals surface area contributed by atoms with Gasteiger partial charge < -0.3 is 14.4 Å². The zero-order chi connectivity index (χ0) is 20.4. The van der Waals surface area contributed by atoms with Crippen molar-refractivity contribution in [3.05, 3.63) is 95.5 Å². The second-order valence-electron chi connectivity index (χ2n) is 7.19. The highest BCUT2D eigenvalue weighted by Gasteiger charge is 2.50. The number of ketones is 1. The summed E-state index contributed by atoms with van der Waals surface area (Å²) >= 11 is 0. The van der Waals surface area contributed by atoms with Crippen molar-refractivity contribution in [1.29, 1.82) is 0 Å². The molecule has 1 N–H and O–H groups in total. The monoisotopic (exact) mass is 387 g/mol. The zero-order valence-corrected chi connectivity index (χ0v) is 16.0. The van der Waals surface area contributed by atoms with E-state index >= 15 is 0 Å². The fourth-order valence-corrected chi connectivity index (χ4v) is 3.66. The Kier molecular flexibility index (Phi) is 4.91. The number of aryl methyl sites for hydroxylation is 1. The van der Waals surface area contributed by atoms with Crippen LogP contribution in [0.1, 0.15) is 28.9 Å². The maximum absolute atomic E-state index is 13.2. The molecule has 0 saturated heterocycles. The van der Waals surface area contributed by atoms with Crippen molar-refractivity contribution in [2.24, 2.45) is 0 Å². The molecule has 5 heteroatoms. The van der Waals surface area contributed by atoms with Crippen LogP contribution in [-0.4, -0.2) is 16.8 Å². The van der Waals surface area contributed by atoms with Gasteiger partial charge in [0.2, 0.25) is 0 Å². The van der Waals surface area contributed by atoms with Gasteiger partial charge in [0.1, 0.15) is 5.76 Å². The maximum atomic E-state index is 13.2. The number of amides is 1. The molecule has 5 nitrogen and oxygen atoms in total. The van der Waals surface area contributed by atoms with Gasteiger partial charge in [0.05, 0.1) is 24.9 Å². The standard InChI is InChI=1S/C24H21NO4/c1-17-7-2-3-8-18(17)16-25-22-11-5-4-10-21(22)24(28,23(25)27)15-19(26)12-13-20-9-6-14-29-20/h2-14,28H,15-16H2,1H3/b13-12-/t24-/m1/s1. The predicted octanol–water partition coefficient (Wildman–Crippen LogP) is 4.00. The van der Waals surface area contributed by atoms with Crippen LogP contribution < -0.4 is 4.90 Å². The third kappa shape index (κ3) is 3.52. The summed E-state index contributed by atoms with van der Waals surface area (Å²) < 4.78 is 5.17. The minimum absolute atomic E-state index is 0.329. The Morgan fingerprint density at radius 1 is 1.10 bits per heavy atom. The van der Waals surface area contributed by atoms with Crippen LogP contribution in [0.3, 0.4) is 0 Å². The Labute approximate surface area is 168 Å². The average Bonchev–Trinajstić information content (AvgIpc) is 3.30. The highest BCUT2D eigenvalue weighted by Crippen LogP contribution is 2.43. The lowest BCUT2D eigenvalue weighted by molar-refractivity contribution is -0.140. The minimum Gasteiger partial charge on any atom is -0.465 e.